The molecule has 1 aromatic heterocycles. The van der Waals surface area contributed by atoms with Crippen molar-refractivity contribution in [3.8, 4) is 0 Å². The molecule has 5 heteroatoms. The van der Waals surface area contributed by atoms with E-state index in [-0.39, 0.29) is 5.91 Å². The van der Waals surface area contributed by atoms with Crippen LogP contribution in [0.1, 0.15) is 15.9 Å². The molecule has 1 amide bonds. The standard InChI is InChI=1S/C12H9ClN2OS/c13-11-3-1-10(2-4-11)12(16)15-14-7-9-5-6-17-8-9/h1-8H,(H,15,16). The van der Waals surface area contributed by atoms with E-state index in [9.17, 15) is 4.79 Å². The third kappa shape index (κ3) is 3.41. The van der Waals surface area contributed by atoms with Crippen LogP contribution in [0.3, 0.4) is 0 Å². The molecule has 0 aliphatic rings. The summed E-state index contributed by atoms with van der Waals surface area (Å²) in [6, 6.07) is 8.55. The summed E-state index contributed by atoms with van der Waals surface area (Å²) < 4.78 is 0. The highest BCUT2D eigenvalue weighted by molar-refractivity contribution is 7.08. The van der Waals surface area contributed by atoms with E-state index >= 15 is 0 Å². The molecule has 2 rings (SSSR count). The predicted molar refractivity (Wildman–Crippen MR) is 70.8 cm³/mol. The van der Waals surface area contributed by atoms with Gasteiger partial charge in [0.1, 0.15) is 0 Å². The molecular weight excluding hydrogens is 256 g/mol. The molecule has 1 heterocycles. The van der Waals surface area contributed by atoms with Gasteiger partial charge in [-0.2, -0.15) is 16.4 Å². The average molecular weight is 265 g/mol. The highest BCUT2D eigenvalue weighted by Gasteiger charge is 2.02. The van der Waals surface area contributed by atoms with Crippen molar-refractivity contribution in [2.75, 3.05) is 0 Å². The smallest absolute Gasteiger partial charge is 0.267 e. The first-order chi connectivity index (χ1) is 8.25. The van der Waals surface area contributed by atoms with Crippen LogP contribution in [-0.4, -0.2) is 12.1 Å². The Labute approximate surface area is 108 Å². The second-order valence-electron chi connectivity index (χ2n) is 3.26. The van der Waals surface area contributed by atoms with Crippen LogP contribution in [0.4, 0.5) is 0 Å². The van der Waals surface area contributed by atoms with Gasteiger partial charge in [0.25, 0.3) is 5.91 Å². The van der Waals surface area contributed by atoms with Gasteiger partial charge in [-0.15, -0.1) is 0 Å². The molecule has 86 valence electrons. The molecule has 3 nitrogen and oxygen atoms in total. The van der Waals surface area contributed by atoms with Crippen LogP contribution in [-0.2, 0) is 0 Å². The Morgan fingerprint density at radius 2 is 2.06 bits per heavy atom. The van der Waals surface area contributed by atoms with Crippen LogP contribution in [0.5, 0.6) is 0 Å². The van der Waals surface area contributed by atoms with Crippen LogP contribution >= 0.6 is 22.9 Å². The molecule has 0 bridgehead atoms. The molecule has 0 spiro atoms. The van der Waals surface area contributed by atoms with Gasteiger partial charge in [-0.05, 0) is 41.1 Å². The number of rotatable bonds is 3. The minimum absolute atomic E-state index is 0.256. The van der Waals surface area contributed by atoms with E-state index in [1.807, 2.05) is 16.8 Å². The maximum absolute atomic E-state index is 11.6. The van der Waals surface area contributed by atoms with Crippen molar-refractivity contribution in [3.63, 3.8) is 0 Å². The topological polar surface area (TPSA) is 41.5 Å². The summed E-state index contributed by atoms with van der Waals surface area (Å²) in [5, 5.41) is 8.35. The van der Waals surface area contributed by atoms with Crippen molar-refractivity contribution in [2.24, 2.45) is 5.10 Å². The Hall–Kier alpha value is -1.65. The lowest BCUT2D eigenvalue weighted by atomic mass is 10.2. The van der Waals surface area contributed by atoms with Gasteiger partial charge in [-0.1, -0.05) is 11.6 Å². The second-order valence-corrected chi connectivity index (χ2v) is 4.48. The monoisotopic (exact) mass is 264 g/mol. The van der Waals surface area contributed by atoms with Gasteiger partial charge in [-0.3, -0.25) is 4.79 Å². The Morgan fingerprint density at radius 1 is 1.29 bits per heavy atom. The molecule has 0 aliphatic carbocycles. The maximum Gasteiger partial charge on any atom is 0.271 e. The highest BCUT2D eigenvalue weighted by atomic mass is 35.5. The SMILES string of the molecule is O=C(NN=Cc1ccsc1)c1ccc(Cl)cc1. The first-order valence-corrected chi connectivity index (χ1v) is 6.19. The number of nitrogens with one attached hydrogen (secondary N) is 1. The molecular formula is C12H9ClN2OS. The predicted octanol–water partition coefficient (Wildman–Crippen LogP) is 3.17. The summed E-state index contributed by atoms with van der Waals surface area (Å²) in [7, 11) is 0. The van der Waals surface area contributed by atoms with E-state index in [0.717, 1.165) is 5.56 Å². The van der Waals surface area contributed by atoms with Crippen molar-refractivity contribution in [1.82, 2.24) is 5.43 Å². The lowest BCUT2D eigenvalue weighted by molar-refractivity contribution is 0.0955. The number of hydrogen-bond donors (Lipinski definition) is 1. The lowest BCUT2D eigenvalue weighted by Gasteiger charge is -1.99. The zero-order valence-electron chi connectivity index (χ0n) is 8.76. The fourth-order valence-corrected chi connectivity index (χ4v) is 1.92. The molecule has 2 aromatic rings. The quantitative estimate of drug-likeness (QED) is 0.671. The van der Waals surface area contributed by atoms with Gasteiger partial charge >= 0.3 is 0 Å². The first-order valence-electron chi connectivity index (χ1n) is 4.87. The van der Waals surface area contributed by atoms with Crippen LogP contribution < -0.4 is 5.43 Å². The number of thiophene rings is 1. The normalized spacial score (nSPS) is 10.6. The Kier molecular flexibility index (Phi) is 3.90. The minimum Gasteiger partial charge on any atom is -0.267 e. The van der Waals surface area contributed by atoms with Crippen molar-refractivity contribution in [2.45, 2.75) is 0 Å². The number of carbonyl (C=O) groups is 1. The summed E-state index contributed by atoms with van der Waals surface area (Å²) in [4.78, 5) is 11.6. The van der Waals surface area contributed by atoms with E-state index in [1.165, 1.54) is 0 Å². The maximum atomic E-state index is 11.6. The average Bonchev–Trinajstić information content (AvgIpc) is 2.83. The number of carbonyl (C=O) groups excluding carboxylic acids is 1. The van der Waals surface area contributed by atoms with E-state index in [4.69, 9.17) is 11.6 Å². The van der Waals surface area contributed by atoms with E-state index in [2.05, 4.69) is 10.5 Å². The molecule has 17 heavy (non-hydrogen) atoms. The zero-order chi connectivity index (χ0) is 12.1. The zero-order valence-corrected chi connectivity index (χ0v) is 10.3. The van der Waals surface area contributed by atoms with Gasteiger partial charge in [0.05, 0.1) is 6.21 Å². The number of hydrazone groups is 1. The summed E-state index contributed by atoms with van der Waals surface area (Å²) in [5.74, 6) is -0.256. The molecule has 1 N–H and O–H groups in total. The molecule has 0 saturated heterocycles. The van der Waals surface area contributed by atoms with Crippen LogP contribution in [0.2, 0.25) is 5.02 Å². The van der Waals surface area contributed by atoms with E-state index in [0.29, 0.717) is 10.6 Å². The van der Waals surface area contributed by atoms with E-state index in [1.54, 1.807) is 41.8 Å². The third-order valence-corrected chi connectivity index (χ3v) is 2.98. The fourth-order valence-electron chi connectivity index (χ4n) is 1.18. The Bertz CT molecular complexity index is 520. The highest BCUT2D eigenvalue weighted by Crippen LogP contribution is 2.09. The van der Waals surface area contributed by atoms with Gasteiger partial charge in [0.15, 0.2) is 0 Å². The molecule has 0 saturated carbocycles. The lowest BCUT2D eigenvalue weighted by Crippen LogP contribution is -2.17. The summed E-state index contributed by atoms with van der Waals surface area (Å²) in [6.07, 6.45) is 1.60. The number of hydrogen-bond acceptors (Lipinski definition) is 3. The third-order valence-electron chi connectivity index (χ3n) is 2.03. The number of amides is 1. The minimum atomic E-state index is -0.256. The molecule has 1 aromatic carbocycles. The summed E-state index contributed by atoms with van der Waals surface area (Å²) in [5.41, 5.74) is 3.94. The largest absolute Gasteiger partial charge is 0.271 e. The van der Waals surface area contributed by atoms with Crippen molar-refractivity contribution in [1.29, 1.82) is 0 Å². The first kappa shape index (κ1) is 11.8. The van der Waals surface area contributed by atoms with Crippen LogP contribution in [0.15, 0.2) is 46.2 Å². The van der Waals surface area contributed by atoms with Crippen molar-refractivity contribution in [3.05, 3.63) is 57.2 Å². The number of halogens is 1. The molecule has 0 fully saturated rings. The number of benzene rings is 1. The Morgan fingerprint density at radius 3 is 2.71 bits per heavy atom. The molecule has 0 aliphatic heterocycles. The van der Waals surface area contributed by atoms with Crippen molar-refractivity contribution < 1.29 is 4.79 Å². The van der Waals surface area contributed by atoms with Gasteiger partial charge < -0.3 is 0 Å². The van der Waals surface area contributed by atoms with Gasteiger partial charge in [-0.25, -0.2) is 5.43 Å². The van der Waals surface area contributed by atoms with Gasteiger partial charge in [0.2, 0.25) is 0 Å². The summed E-state index contributed by atoms with van der Waals surface area (Å²) in [6.45, 7) is 0. The van der Waals surface area contributed by atoms with Gasteiger partial charge in [0, 0.05) is 16.1 Å². The molecule has 0 atom stereocenters. The molecule has 0 radical (unpaired) electrons. The fraction of sp³-hybridized carbons (Fsp3) is 0. The van der Waals surface area contributed by atoms with Crippen LogP contribution in [0.25, 0.3) is 0 Å². The molecule has 0 unspecified atom stereocenters. The second kappa shape index (κ2) is 5.61. The van der Waals surface area contributed by atoms with Crippen LogP contribution in [0, 0.1) is 0 Å². The van der Waals surface area contributed by atoms with E-state index < -0.39 is 0 Å². The Balaban J connectivity index is 1.96. The van der Waals surface area contributed by atoms with Crippen molar-refractivity contribution >= 4 is 35.1 Å². The summed E-state index contributed by atoms with van der Waals surface area (Å²) >= 11 is 7.31. The number of nitrogens with zero attached hydrogens (tertiary/aromatic N) is 1.